The highest BCUT2D eigenvalue weighted by molar-refractivity contribution is 5.47. The van der Waals surface area contributed by atoms with E-state index in [1.54, 1.807) is 13.1 Å². The lowest BCUT2D eigenvalue weighted by Gasteiger charge is -2.10. The Kier molecular flexibility index (Phi) is 4.67. The van der Waals surface area contributed by atoms with Gasteiger partial charge < -0.3 is 10.6 Å². The van der Waals surface area contributed by atoms with E-state index < -0.39 is 12.6 Å². The van der Waals surface area contributed by atoms with E-state index in [1.165, 1.54) is 0 Å². The zero-order valence-electron chi connectivity index (χ0n) is 11.4. The second kappa shape index (κ2) is 6.28. The van der Waals surface area contributed by atoms with E-state index in [-0.39, 0.29) is 6.42 Å². The van der Waals surface area contributed by atoms with Crippen LogP contribution in [0.5, 0.6) is 0 Å². The van der Waals surface area contributed by atoms with Crippen LogP contribution in [0.3, 0.4) is 0 Å². The van der Waals surface area contributed by atoms with Gasteiger partial charge in [0.25, 0.3) is 0 Å². The molecule has 0 saturated heterocycles. The van der Waals surface area contributed by atoms with Crippen LogP contribution in [0, 0.1) is 0 Å². The first-order valence-electron chi connectivity index (χ1n) is 6.85. The molecule has 1 aromatic heterocycles. The normalized spacial score (nSPS) is 15.2. The van der Waals surface area contributed by atoms with Gasteiger partial charge in [-0.1, -0.05) is 0 Å². The summed E-state index contributed by atoms with van der Waals surface area (Å²) in [5.41, 5.74) is 0. The maximum Gasteiger partial charge on any atom is 0.389 e. The molecule has 0 aliphatic heterocycles. The number of unbranched alkanes of at least 4 members (excludes halogenated alkanes) is 1. The summed E-state index contributed by atoms with van der Waals surface area (Å²) in [6.45, 7) is 0.486. The van der Waals surface area contributed by atoms with E-state index >= 15 is 0 Å². The molecule has 0 spiro atoms. The molecule has 2 rings (SSSR count). The minimum atomic E-state index is -4.06. The van der Waals surface area contributed by atoms with Gasteiger partial charge >= 0.3 is 6.18 Å². The Bertz CT molecular complexity index is 444. The lowest BCUT2D eigenvalue weighted by Crippen LogP contribution is -2.10. The number of hydrogen-bond acceptors (Lipinski definition) is 4. The van der Waals surface area contributed by atoms with Crippen molar-refractivity contribution in [2.24, 2.45) is 0 Å². The average Bonchev–Trinajstić information content (AvgIpc) is 3.21. The van der Waals surface area contributed by atoms with E-state index in [1.807, 2.05) is 0 Å². The van der Waals surface area contributed by atoms with Gasteiger partial charge in [0.2, 0.25) is 0 Å². The number of halogens is 3. The number of nitrogens with zero attached hydrogens (tertiary/aromatic N) is 2. The molecule has 0 unspecified atom stereocenters. The number of rotatable bonds is 7. The molecule has 2 N–H and O–H groups in total. The number of anilines is 2. The first-order chi connectivity index (χ1) is 9.48. The van der Waals surface area contributed by atoms with Crippen LogP contribution in [-0.2, 0) is 0 Å². The highest BCUT2D eigenvalue weighted by Crippen LogP contribution is 2.38. The van der Waals surface area contributed by atoms with Crippen molar-refractivity contribution in [3.05, 3.63) is 11.9 Å². The fourth-order valence-corrected chi connectivity index (χ4v) is 1.88. The number of alkyl halides is 3. The number of hydrogen-bond donors (Lipinski definition) is 2. The van der Waals surface area contributed by atoms with Gasteiger partial charge in [0.1, 0.15) is 17.5 Å². The SMILES string of the molecule is CNc1cc(NCCCCC(F)(F)F)nc(C2CC2)n1. The summed E-state index contributed by atoms with van der Waals surface area (Å²) < 4.78 is 36.0. The van der Waals surface area contributed by atoms with Gasteiger partial charge in [0.15, 0.2) is 0 Å². The maximum absolute atomic E-state index is 12.0. The maximum atomic E-state index is 12.0. The molecule has 0 aromatic carbocycles. The van der Waals surface area contributed by atoms with Crippen LogP contribution in [0.2, 0.25) is 0 Å². The molecule has 1 saturated carbocycles. The molecule has 1 aliphatic rings. The minimum absolute atomic E-state index is 0.135. The van der Waals surface area contributed by atoms with Crippen LogP contribution in [0.25, 0.3) is 0 Å². The van der Waals surface area contributed by atoms with Crippen molar-refractivity contribution >= 4 is 11.6 Å². The third-order valence-electron chi connectivity index (χ3n) is 3.14. The van der Waals surface area contributed by atoms with E-state index in [4.69, 9.17) is 0 Å². The predicted octanol–water partition coefficient (Wildman–Crippen LogP) is 3.54. The Morgan fingerprint density at radius 1 is 1.20 bits per heavy atom. The van der Waals surface area contributed by atoms with Crippen molar-refractivity contribution in [2.45, 2.75) is 44.2 Å². The van der Waals surface area contributed by atoms with Crippen LogP contribution in [-0.4, -0.2) is 29.7 Å². The van der Waals surface area contributed by atoms with Gasteiger partial charge in [-0.15, -0.1) is 0 Å². The lowest BCUT2D eigenvalue weighted by molar-refractivity contribution is -0.135. The Labute approximate surface area is 116 Å². The van der Waals surface area contributed by atoms with Crippen molar-refractivity contribution in [3.63, 3.8) is 0 Å². The van der Waals surface area contributed by atoms with Gasteiger partial charge in [0.05, 0.1) is 0 Å². The molecule has 0 radical (unpaired) electrons. The molecule has 1 aliphatic carbocycles. The number of aromatic nitrogens is 2. The zero-order chi connectivity index (χ0) is 14.6. The highest BCUT2D eigenvalue weighted by Gasteiger charge is 2.27. The highest BCUT2D eigenvalue weighted by atomic mass is 19.4. The third kappa shape index (κ3) is 4.86. The molecule has 112 valence electrons. The Hall–Kier alpha value is -1.53. The molecule has 20 heavy (non-hydrogen) atoms. The Morgan fingerprint density at radius 3 is 2.50 bits per heavy atom. The van der Waals surface area contributed by atoms with Gasteiger partial charge in [-0.05, 0) is 25.7 Å². The van der Waals surface area contributed by atoms with E-state index in [2.05, 4.69) is 20.6 Å². The second-order valence-corrected chi connectivity index (χ2v) is 5.02. The topological polar surface area (TPSA) is 49.8 Å². The molecule has 1 heterocycles. The third-order valence-corrected chi connectivity index (χ3v) is 3.14. The van der Waals surface area contributed by atoms with Gasteiger partial charge in [-0.2, -0.15) is 13.2 Å². The molecule has 1 fully saturated rings. The van der Waals surface area contributed by atoms with Crippen molar-refractivity contribution in [3.8, 4) is 0 Å². The molecule has 0 amide bonds. The quantitative estimate of drug-likeness (QED) is 0.753. The molecule has 1 aromatic rings. The van der Waals surface area contributed by atoms with E-state index in [0.29, 0.717) is 24.7 Å². The fraction of sp³-hybridized carbons (Fsp3) is 0.692. The lowest BCUT2D eigenvalue weighted by atomic mass is 10.2. The minimum Gasteiger partial charge on any atom is -0.373 e. The smallest absolute Gasteiger partial charge is 0.373 e. The van der Waals surface area contributed by atoms with Crippen LogP contribution in [0.1, 0.15) is 43.8 Å². The van der Waals surface area contributed by atoms with Crippen LogP contribution in [0.15, 0.2) is 6.07 Å². The van der Waals surface area contributed by atoms with Gasteiger partial charge in [-0.3, -0.25) is 0 Å². The van der Waals surface area contributed by atoms with Crippen molar-refractivity contribution in [1.82, 2.24) is 9.97 Å². The summed E-state index contributed by atoms with van der Waals surface area (Å²) in [5.74, 6) is 2.67. The van der Waals surface area contributed by atoms with Crippen LogP contribution >= 0.6 is 0 Å². The monoisotopic (exact) mass is 288 g/mol. The molecule has 7 heteroatoms. The first kappa shape index (κ1) is 14.9. The predicted molar refractivity (Wildman–Crippen MR) is 71.9 cm³/mol. The summed E-state index contributed by atoms with van der Waals surface area (Å²) in [6, 6.07) is 1.77. The van der Waals surface area contributed by atoms with Crippen molar-refractivity contribution in [2.75, 3.05) is 24.2 Å². The van der Waals surface area contributed by atoms with Gasteiger partial charge in [-0.25, -0.2) is 9.97 Å². The summed E-state index contributed by atoms with van der Waals surface area (Å²) in [5, 5.41) is 6.04. The van der Waals surface area contributed by atoms with E-state index in [9.17, 15) is 13.2 Å². The molecule has 4 nitrogen and oxygen atoms in total. The van der Waals surface area contributed by atoms with Crippen LogP contribution < -0.4 is 10.6 Å². The molecular weight excluding hydrogens is 269 g/mol. The Morgan fingerprint density at radius 2 is 1.90 bits per heavy atom. The number of nitrogens with one attached hydrogen (secondary N) is 2. The van der Waals surface area contributed by atoms with Crippen LogP contribution in [0.4, 0.5) is 24.8 Å². The largest absolute Gasteiger partial charge is 0.389 e. The summed E-state index contributed by atoms with van der Waals surface area (Å²) in [4.78, 5) is 8.78. The van der Waals surface area contributed by atoms with Crippen molar-refractivity contribution in [1.29, 1.82) is 0 Å². The van der Waals surface area contributed by atoms with Crippen molar-refractivity contribution < 1.29 is 13.2 Å². The Balaban J connectivity index is 1.81. The summed E-state index contributed by atoms with van der Waals surface area (Å²) >= 11 is 0. The molecular formula is C13H19F3N4. The molecule has 0 bridgehead atoms. The standard InChI is InChI=1S/C13H19F3N4/c1-17-10-8-11(20-12(19-10)9-4-5-9)18-7-3-2-6-13(14,15)16/h8-9H,2-7H2,1H3,(H2,17,18,19,20). The summed E-state index contributed by atoms with van der Waals surface area (Å²) in [6.07, 6.45) is -1.97. The average molecular weight is 288 g/mol. The van der Waals surface area contributed by atoms with E-state index in [0.717, 1.165) is 24.5 Å². The molecule has 0 atom stereocenters. The van der Waals surface area contributed by atoms with Gasteiger partial charge in [0, 0.05) is 32.0 Å². The second-order valence-electron chi connectivity index (χ2n) is 5.02. The zero-order valence-corrected chi connectivity index (χ0v) is 11.4. The summed E-state index contributed by atoms with van der Waals surface area (Å²) in [7, 11) is 1.78. The first-order valence-corrected chi connectivity index (χ1v) is 6.85. The fourth-order valence-electron chi connectivity index (χ4n) is 1.88.